The van der Waals surface area contributed by atoms with E-state index >= 15 is 0 Å². The molecule has 0 aliphatic heterocycles. The summed E-state index contributed by atoms with van der Waals surface area (Å²) in [6.07, 6.45) is 0. The molecule has 0 atom stereocenters. The van der Waals surface area contributed by atoms with Crippen LogP contribution in [-0.2, 0) is 10.9 Å². The minimum absolute atomic E-state index is 0.178. The third-order valence-corrected chi connectivity index (χ3v) is 7.25. The summed E-state index contributed by atoms with van der Waals surface area (Å²) in [5, 5.41) is 19.0. The number of ether oxygens (including phenoxy) is 3. The van der Waals surface area contributed by atoms with E-state index in [1.54, 1.807) is 21.3 Å². The molecule has 0 saturated carbocycles. The average Bonchev–Trinajstić information content (AvgIpc) is 2.90. The van der Waals surface area contributed by atoms with E-state index in [2.05, 4.69) is 48.5 Å². The van der Waals surface area contributed by atoms with Crippen LogP contribution in [0.2, 0.25) is 0 Å². The SMILES string of the molecule is COc1cc(OC)c([S+](c2ccccc2)c2ccccc2)c(OC)c1.O=C(O)c1ccccc1[O-]. The van der Waals surface area contributed by atoms with Crippen molar-refractivity contribution in [1.82, 2.24) is 0 Å². The molecule has 0 saturated heterocycles. The topological polar surface area (TPSA) is 88.1 Å². The van der Waals surface area contributed by atoms with Gasteiger partial charge in [0.2, 0.25) is 4.90 Å². The quantitative estimate of drug-likeness (QED) is 0.355. The molecule has 6 nitrogen and oxygen atoms in total. The number of carboxylic acid groups (broad SMARTS) is 1. The molecule has 0 unspecified atom stereocenters. The Labute approximate surface area is 207 Å². The van der Waals surface area contributed by atoms with Crippen molar-refractivity contribution in [2.45, 2.75) is 14.7 Å². The molecule has 7 heteroatoms. The second-order valence-corrected chi connectivity index (χ2v) is 9.06. The first-order valence-corrected chi connectivity index (χ1v) is 11.9. The van der Waals surface area contributed by atoms with E-state index in [1.807, 2.05) is 24.3 Å². The molecule has 180 valence electrons. The van der Waals surface area contributed by atoms with E-state index in [0.29, 0.717) is 5.75 Å². The zero-order valence-electron chi connectivity index (χ0n) is 19.6. The van der Waals surface area contributed by atoms with Gasteiger partial charge < -0.3 is 24.4 Å². The Morgan fingerprint density at radius 3 is 1.54 bits per heavy atom. The summed E-state index contributed by atoms with van der Waals surface area (Å²) in [5.74, 6) is 0.599. The lowest BCUT2D eigenvalue weighted by Crippen LogP contribution is -2.09. The van der Waals surface area contributed by atoms with Gasteiger partial charge in [0.05, 0.1) is 26.9 Å². The monoisotopic (exact) mass is 490 g/mol. The summed E-state index contributed by atoms with van der Waals surface area (Å²) >= 11 is 0. The smallest absolute Gasteiger partial charge is 0.335 e. The van der Waals surface area contributed by atoms with Crippen LogP contribution in [0.4, 0.5) is 0 Å². The van der Waals surface area contributed by atoms with Crippen molar-refractivity contribution < 1.29 is 29.2 Å². The Hall–Kier alpha value is -4.10. The molecule has 4 aromatic carbocycles. The molecule has 0 spiro atoms. The zero-order chi connectivity index (χ0) is 25.2. The zero-order valence-corrected chi connectivity index (χ0v) is 20.5. The van der Waals surface area contributed by atoms with Crippen LogP contribution in [0.5, 0.6) is 23.0 Å². The maximum Gasteiger partial charge on any atom is 0.335 e. The Morgan fingerprint density at radius 1 is 0.714 bits per heavy atom. The molecule has 0 aromatic heterocycles. The number of methoxy groups -OCH3 is 3. The Bertz CT molecular complexity index is 1180. The molecule has 4 aromatic rings. The van der Waals surface area contributed by atoms with Gasteiger partial charge >= 0.3 is 5.97 Å². The van der Waals surface area contributed by atoms with Crippen LogP contribution in [0.15, 0.2) is 112 Å². The Balaban J connectivity index is 0.000000287. The number of para-hydroxylation sites is 1. The summed E-state index contributed by atoms with van der Waals surface area (Å²) < 4.78 is 16.8. The number of hydrogen-bond donors (Lipinski definition) is 1. The molecule has 0 bridgehead atoms. The highest BCUT2D eigenvalue weighted by molar-refractivity contribution is 7.97. The van der Waals surface area contributed by atoms with Crippen LogP contribution in [0.1, 0.15) is 10.4 Å². The van der Waals surface area contributed by atoms with Gasteiger partial charge in [0.1, 0.15) is 16.6 Å². The van der Waals surface area contributed by atoms with Crippen molar-refractivity contribution in [1.29, 1.82) is 0 Å². The lowest BCUT2D eigenvalue weighted by atomic mass is 10.2. The molecule has 0 aliphatic carbocycles. The van der Waals surface area contributed by atoms with Crippen LogP contribution in [0.25, 0.3) is 0 Å². The molecule has 0 fully saturated rings. The van der Waals surface area contributed by atoms with E-state index in [9.17, 15) is 9.90 Å². The van der Waals surface area contributed by atoms with Crippen molar-refractivity contribution in [2.75, 3.05) is 21.3 Å². The number of hydrogen-bond acceptors (Lipinski definition) is 5. The second kappa shape index (κ2) is 12.4. The van der Waals surface area contributed by atoms with Crippen LogP contribution >= 0.6 is 0 Å². The maximum absolute atomic E-state index is 10.7. The minimum atomic E-state index is -1.18. The fourth-order valence-electron chi connectivity index (χ4n) is 3.30. The van der Waals surface area contributed by atoms with E-state index in [0.717, 1.165) is 16.4 Å². The summed E-state index contributed by atoms with van der Waals surface area (Å²) in [6.45, 7) is 0. The standard InChI is InChI=1S/C21H21O3S.C7H6O3/c1-22-16-14-19(23-2)21(20(15-16)24-3)25(17-10-6-4-7-11-17)18-12-8-5-9-13-18;8-6-4-2-1-3-5(6)7(9)10/h4-15H,1-3H3;1-4,8H,(H,9,10)/q+1;/p-1. The highest BCUT2D eigenvalue weighted by atomic mass is 32.2. The summed E-state index contributed by atoms with van der Waals surface area (Å²) in [7, 11) is 4.64. The van der Waals surface area contributed by atoms with Crippen LogP contribution in [0, 0.1) is 0 Å². The largest absolute Gasteiger partial charge is 0.872 e. The van der Waals surface area contributed by atoms with Gasteiger partial charge in [-0.15, -0.1) is 0 Å². The van der Waals surface area contributed by atoms with E-state index in [-0.39, 0.29) is 16.5 Å². The maximum atomic E-state index is 10.7. The highest BCUT2D eigenvalue weighted by Gasteiger charge is 2.36. The highest BCUT2D eigenvalue weighted by Crippen LogP contribution is 2.44. The molecular weight excluding hydrogens is 464 g/mol. The number of rotatable bonds is 7. The third kappa shape index (κ3) is 6.28. The summed E-state index contributed by atoms with van der Waals surface area (Å²) in [5.41, 5.74) is -0.178. The first kappa shape index (κ1) is 25.5. The molecule has 35 heavy (non-hydrogen) atoms. The molecule has 0 radical (unpaired) electrons. The van der Waals surface area contributed by atoms with E-state index in [4.69, 9.17) is 19.3 Å². The molecule has 1 N–H and O–H groups in total. The van der Waals surface area contributed by atoms with Gasteiger partial charge in [-0.25, -0.2) is 4.79 Å². The van der Waals surface area contributed by atoms with Crippen molar-refractivity contribution in [3.05, 3.63) is 103 Å². The first-order chi connectivity index (χ1) is 17.0. The molecule has 4 rings (SSSR count). The predicted octanol–water partition coefficient (Wildman–Crippen LogP) is 5.27. The van der Waals surface area contributed by atoms with Gasteiger partial charge in [0.25, 0.3) is 0 Å². The van der Waals surface area contributed by atoms with Gasteiger partial charge in [-0.1, -0.05) is 60.3 Å². The normalized spacial score (nSPS) is 10.2. The van der Waals surface area contributed by atoms with Crippen molar-refractivity contribution >= 4 is 16.9 Å². The number of aromatic carboxylic acids is 1. The van der Waals surface area contributed by atoms with Crippen molar-refractivity contribution in [2.24, 2.45) is 0 Å². The predicted molar refractivity (Wildman–Crippen MR) is 134 cm³/mol. The minimum Gasteiger partial charge on any atom is -0.872 e. The van der Waals surface area contributed by atoms with Gasteiger partial charge in [-0.2, -0.15) is 0 Å². The van der Waals surface area contributed by atoms with Crippen molar-refractivity contribution in [3.63, 3.8) is 0 Å². The Morgan fingerprint density at radius 2 is 1.17 bits per heavy atom. The van der Waals surface area contributed by atoms with Gasteiger partial charge in [0, 0.05) is 12.1 Å². The number of carboxylic acids is 1. The number of carbonyl (C=O) groups is 1. The van der Waals surface area contributed by atoms with Crippen LogP contribution in [0.3, 0.4) is 0 Å². The number of benzene rings is 4. The van der Waals surface area contributed by atoms with E-state index in [1.165, 1.54) is 34.1 Å². The lowest BCUT2D eigenvalue weighted by Gasteiger charge is -2.15. The van der Waals surface area contributed by atoms with E-state index < -0.39 is 11.7 Å². The fraction of sp³-hybridized carbons (Fsp3) is 0.107. The molecule has 0 amide bonds. The van der Waals surface area contributed by atoms with Gasteiger partial charge in [0.15, 0.2) is 21.3 Å². The molecule has 0 aliphatic rings. The lowest BCUT2D eigenvalue weighted by molar-refractivity contribution is -0.268. The second-order valence-electron chi connectivity index (χ2n) is 7.09. The van der Waals surface area contributed by atoms with Crippen LogP contribution in [-0.4, -0.2) is 32.4 Å². The average molecular weight is 491 g/mol. The first-order valence-electron chi connectivity index (χ1n) is 10.6. The molecular formula is C28H26O6S. The van der Waals surface area contributed by atoms with Crippen LogP contribution < -0.4 is 19.3 Å². The van der Waals surface area contributed by atoms with Crippen molar-refractivity contribution in [3.8, 4) is 23.0 Å². The van der Waals surface area contributed by atoms with Gasteiger partial charge in [-0.05, 0) is 30.3 Å². The third-order valence-electron chi connectivity index (χ3n) is 4.95. The van der Waals surface area contributed by atoms with Gasteiger partial charge in [-0.3, -0.25) is 0 Å². The fourth-order valence-corrected chi connectivity index (χ4v) is 5.59. The Kier molecular flexibility index (Phi) is 9.03. The summed E-state index contributed by atoms with van der Waals surface area (Å²) in [4.78, 5) is 13.6. The molecule has 0 heterocycles. The summed E-state index contributed by atoms with van der Waals surface area (Å²) in [6, 6.07) is 30.2.